The average Bonchev–Trinajstić information content (AvgIpc) is 2.33. The topological polar surface area (TPSA) is 36.2 Å². The van der Waals surface area contributed by atoms with Crippen LogP contribution in [0.5, 0.6) is 0 Å². The molecule has 0 unspecified atom stereocenters. The van der Waals surface area contributed by atoms with E-state index in [-0.39, 0.29) is 0 Å². The molecule has 0 aromatic heterocycles. The lowest BCUT2D eigenvalue weighted by molar-refractivity contribution is 1.15. The number of nitrogens with zero attached hydrogens (tertiary/aromatic N) is 1. The summed E-state index contributed by atoms with van der Waals surface area (Å²) < 4.78 is 0. The van der Waals surface area contributed by atoms with Crippen LogP contribution in [0.1, 0.15) is 0 Å². The molecule has 0 aliphatic heterocycles. The lowest BCUT2D eigenvalue weighted by Crippen LogP contribution is -1.63. The van der Waals surface area contributed by atoms with Crippen LogP contribution < -0.4 is 0 Å². The van der Waals surface area contributed by atoms with E-state index in [4.69, 9.17) is 5.53 Å². The highest BCUT2D eigenvalue weighted by molar-refractivity contribution is 5.78. The van der Waals surface area contributed by atoms with Crippen molar-refractivity contribution in [3.63, 3.8) is 0 Å². The highest BCUT2D eigenvalue weighted by Crippen LogP contribution is 2.32. The second-order valence-electron chi connectivity index (χ2n) is 2.61. The van der Waals surface area contributed by atoms with E-state index in [0.717, 1.165) is 16.8 Å². The van der Waals surface area contributed by atoms with Gasteiger partial charge in [0.1, 0.15) is 0 Å². The Hall–Kier alpha value is -1.70. The van der Waals surface area contributed by atoms with Gasteiger partial charge in [-0.05, 0) is 11.6 Å². The molecule has 0 aromatic carbocycles. The average molecular weight is 156 g/mol. The Morgan fingerprint density at radius 2 is 1.75 bits per heavy atom. The molecule has 2 nitrogen and oxygen atoms in total. The van der Waals surface area contributed by atoms with Gasteiger partial charge < -0.3 is 0 Å². The van der Waals surface area contributed by atoms with E-state index in [1.807, 2.05) is 42.5 Å². The molecule has 0 aromatic rings. The Kier molecular flexibility index (Phi) is 1.59. The third-order valence-corrected chi connectivity index (χ3v) is 1.89. The molecule has 1 N–H and O–H groups in total. The Balaban J connectivity index is 2.72. The fraction of sp³-hybridized carbons (Fsp3) is 0. The van der Waals surface area contributed by atoms with E-state index in [1.165, 1.54) is 0 Å². The first-order valence-corrected chi connectivity index (χ1v) is 3.77. The van der Waals surface area contributed by atoms with Crippen molar-refractivity contribution in [2.24, 2.45) is 5.11 Å². The molecule has 2 heteroatoms. The highest BCUT2D eigenvalue weighted by Gasteiger charge is 2.04. The molecule has 0 saturated heterocycles. The summed E-state index contributed by atoms with van der Waals surface area (Å²) in [5, 5.41) is 3.44. The van der Waals surface area contributed by atoms with Gasteiger partial charge in [-0.3, -0.25) is 0 Å². The molecule has 0 bridgehead atoms. The zero-order valence-corrected chi connectivity index (χ0v) is 6.49. The van der Waals surface area contributed by atoms with E-state index in [0.29, 0.717) is 0 Å². The van der Waals surface area contributed by atoms with Crippen molar-refractivity contribution in [1.29, 1.82) is 5.53 Å². The fourth-order valence-corrected chi connectivity index (χ4v) is 1.30. The molecule has 0 fully saturated rings. The maximum Gasteiger partial charge on any atom is 0.0928 e. The maximum absolute atomic E-state index is 6.93. The SMILES string of the molecule is N=Nc1ccc2cccccc1-2. The minimum atomic E-state index is 0.737. The molecular weight excluding hydrogens is 148 g/mol. The van der Waals surface area contributed by atoms with Gasteiger partial charge in [-0.25, -0.2) is 5.53 Å². The largest absolute Gasteiger partial charge is 0.204 e. The van der Waals surface area contributed by atoms with Crippen LogP contribution in [0.3, 0.4) is 0 Å². The summed E-state index contributed by atoms with van der Waals surface area (Å²) in [6.45, 7) is 0. The van der Waals surface area contributed by atoms with E-state index >= 15 is 0 Å². The first-order valence-electron chi connectivity index (χ1n) is 3.77. The molecule has 2 rings (SSSR count). The molecule has 0 spiro atoms. The van der Waals surface area contributed by atoms with Crippen LogP contribution in [-0.4, -0.2) is 0 Å². The second-order valence-corrected chi connectivity index (χ2v) is 2.61. The first-order chi connectivity index (χ1) is 5.92. The minimum Gasteiger partial charge on any atom is -0.204 e. The van der Waals surface area contributed by atoms with Crippen molar-refractivity contribution in [2.45, 2.75) is 0 Å². The van der Waals surface area contributed by atoms with E-state index < -0.39 is 0 Å². The van der Waals surface area contributed by atoms with Crippen LogP contribution in [0.2, 0.25) is 0 Å². The zero-order valence-electron chi connectivity index (χ0n) is 6.49. The third-order valence-electron chi connectivity index (χ3n) is 1.89. The molecule has 0 radical (unpaired) electrons. The fourth-order valence-electron chi connectivity index (χ4n) is 1.30. The molecule has 2 aliphatic rings. The summed E-state index contributed by atoms with van der Waals surface area (Å²) in [6, 6.07) is 13.7. The number of nitrogens with one attached hydrogen (secondary N) is 1. The van der Waals surface area contributed by atoms with Crippen LogP contribution in [0.4, 0.5) is 5.69 Å². The molecule has 2 aliphatic carbocycles. The Morgan fingerprint density at radius 3 is 2.58 bits per heavy atom. The summed E-state index contributed by atoms with van der Waals surface area (Å²) in [4.78, 5) is 0. The molecule has 0 saturated carbocycles. The second kappa shape index (κ2) is 2.74. The van der Waals surface area contributed by atoms with Gasteiger partial charge in [0.2, 0.25) is 0 Å². The monoisotopic (exact) mass is 156 g/mol. The van der Waals surface area contributed by atoms with Crippen molar-refractivity contribution in [3.05, 3.63) is 42.5 Å². The molecule has 0 atom stereocenters. The molecule has 0 amide bonds. The quantitative estimate of drug-likeness (QED) is 0.614. The van der Waals surface area contributed by atoms with Crippen molar-refractivity contribution in [2.75, 3.05) is 0 Å². The van der Waals surface area contributed by atoms with Crippen LogP contribution >= 0.6 is 0 Å². The molecule has 12 heavy (non-hydrogen) atoms. The summed E-state index contributed by atoms with van der Waals surface area (Å²) in [6.07, 6.45) is 0. The summed E-state index contributed by atoms with van der Waals surface area (Å²) >= 11 is 0. The summed E-state index contributed by atoms with van der Waals surface area (Å²) in [7, 11) is 0. The van der Waals surface area contributed by atoms with Gasteiger partial charge in [0.15, 0.2) is 0 Å². The van der Waals surface area contributed by atoms with Gasteiger partial charge in [0.05, 0.1) is 5.69 Å². The van der Waals surface area contributed by atoms with Gasteiger partial charge >= 0.3 is 0 Å². The predicted octanol–water partition coefficient (Wildman–Crippen LogP) is 3.45. The van der Waals surface area contributed by atoms with E-state index in [9.17, 15) is 0 Å². The summed E-state index contributed by atoms with van der Waals surface area (Å²) in [5.41, 5.74) is 9.83. The lowest BCUT2D eigenvalue weighted by atomic mass is 10.2. The van der Waals surface area contributed by atoms with Crippen molar-refractivity contribution >= 4 is 5.69 Å². The van der Waals surface area contributed by atoms with Crippen LogP contribution in [0, 0.1) is 5.53 Å². The van der Waals surface area contributed by atoms with Crippen LogP contribution in [0.25, 0.3) is 11.1 Å². The van der Waals surface area contributed by atoms with Crippen LogP contribution in [-0.2, 0) is 0 Å². The maximum atomic E-state index is 6.93. The highest BCUT2D eigenvalue weighted by atomic mass is 15.0. The predicted molar refractivity (Wildman–Crippen MR) is 47.9 cm³/mol. The van der Waals surface area contributed by atoms with Gasteiger partial charge in [-0.15, -0.1) is 0 Å². The smallest absolute Gasteiger partial charge is 0.0928 e. The zero-order chi connectivity index (χ0) is 8.39. The van der Waals surface area contributed by atoms with Gasteiger partial charge in [0.25, 0.3) is 0 Å². The molecular formula is C10H8N2. The lowest BCUT2D eigenvalue weighted by Gasteiger charge is -1.90. The molecule has 0 heterocycles. The Bertz CT molecular complexity index is 382. The number of rotatable bonds is 1. The van der Waals surface area contributed by atoms with Gasteiger partial charge in [0, 0.05) is 5.56 Å². The van der Waals surface area contributed by atoms with Crippen molar-refractivity contribution in [1.82, 2.24) is 0 Å². The van der Waals surface area contributed by atoms with Gasteiger partial charge in [-0.1, -0.05) is 36.4 Å². The van der Waals surface area contributed by atoms with Crippen molar-refractivity contribution < 1.29 is 0 Å². The van der Waals surface area contributed by atoms with E-state index in [2.05, 4.69) is 5.11 Å². The molecule has 58 valence electrons. The standard InChI is InChI=1S/C10H8N2/c11-12-10-7-6-8-4-2-1-3-5-9(8)10/h1-7,11H. The number of hydrogen-bond acceptors (Lipinski definition) is 2. The van der Waals surface area contributed by atoms with E-state index in [1.54, 1.807) is 0 Å². The van der Waals surface area contributed by atoms with Crippen LogP contribution in [0.15, 0.2) is 47.6 Å². The van der Waals surface area contributed by atoms with Gasteiger partial charge in [-0.2, -0.15) is 5.11 Å². The normalized spacial score (nSPS) is 10.0. The number of hydrogen-bond donors (Lipinski definition) is 1. The first kappa shape index (κ1) is 6.98. The number of fused-ring (bicyclic) bond motifs is 1. The Morgan fingerprint density at radius 1 is 0.917 bits per heavy atom. The summed E-state index contributed by atoms with van der Waals surface area (Å²) in [5.74, 6) is 0. The Labute approximate surface area is 70.7 Å². The third kappa shape index (κ3) is 0.975. The minimum absolute atomic E-state index is 0.737. The van der Waals surface area contributed by atoms with Crippen molar-refractivity contribution in [3.8, 4) is 11.1 Å².